The number of aromatic amines is 1. The second-order valence-electron chi connectivity index (χ2n) is 4.05. The number of carbonyl (C=O) groups excluding carboxylic acids is 1. The first-order valence-corrected chi connectivity index (χ1v) is 7.38. The maximum atomic E-state index is 11.7. The smallest absolute Gasteiger partial charge is 0.353 e. The maximum absolute atomic E-state index is 11.7. The van der Waals surface area contributed by atoms with Gasteiger partial charge in [-0.05, 0) is 12.1 Å². The van der Waals surface area contributed by atoms with Crippen LogP contribution >= 0.6 is 23.4 Å². The van der Waals surface area contributed by atoms with Gasteiger partial charge >= 0.3 is 5.97 Å². The van der Waals surface area contributed by atoms with Crippen molar-refractivity contribution in [3.05, 3.63) is 41.0 Å². The third-order valence-corrected chi connectivity index (χ3v) is 4.02. The van der Waals surface area contributed by atoms with Gasteiger partial charge in [-0.15, -0.1) is 11.8 Å². The number of carboxylic acids is 1. The Kier molecular flexibility index (Phi) is 5.24. The van der Waals surface area contributed by atoms with Gasteiger partial charge in [0.05, 0.1) is 5.02 Å². The summed E-state index contributed by atoms with van der Waals surface area (Å²) >= 11 is 7.49. The van der Waals surface area contributed by atoms with Crippen molar-refractivity contribution in [2.24, 2.45) is 0 Å². The van der Waals surface area contributed by atoms with Crippen LogP contribution in [0.25, 0.3) is 0 Å². The van der Waals surface area contributed by atoms with E-state index in [1.54, 1.807) is 6.07 Å². The summed E-state index contributed by atoms with van der Waals surface area (Å²) in [5.41, 5.74) is -0.0734. The number of hydrogen-bond acceptors (Lipinski definition) is 4. The monoisotopic (exact) mass is 325 g/mol. The Bertz CT molecular complexity index is 660. The number of amides is 1. The molecule has 0 radical (unpaired) electrons. The third-order valence-electron chi connectivity index (χ3n) is 2.50. The zero-order chi connectivity index (χ0) is 15.2. The summed E-state index contributed by atoms with van der Waals surface area (Å²) in [4.78, 5) is 23.3. The molecule has 1 amide bonds. The summed E-state index contributed by atoms with van der Waals surface area (Å²) in [6.07, 6.45) is 0.269. The number of nitrogens with one attached hydrogen (secondary N) is 2. The van der Waals surface area contributed by atoms with Gasteiger partial charge in [0.1, 0.15) is 5.69 Å². The Labute approximate surface area is 129 Å². The molecule has 3 N–H and O–H groups in total. The van der Waals surface area contributed by atoms with E-state index in [0.717, 1.165) is 4.90 Å². The number of aromatic carboxylic acids is 1. The summed E-state index contributed by atoms with van der Waals surface area (Å²) in [5, 5.41) is 17.9. The molecule has 0 aliphatic heterocycles. The number of benzene rings is 1. The molecule has 0 saturated heterocycles. The summed E-state index contributed by atoms with van der Waals surface area (Å²) < 4.78 is 0. The first kappa shape index (κ1) is 15.4. The molecule has 110 valence electrons. The van der Waals surface area contributed by atoms with Crippen molar-refractivity contribution < 1.29 is 14.7 Å². The van der Waals surface area contributed by atoms with Crippen LogP contribution in [-0.2, 0) is 4.79 Å². The van der Waals surface area contributed by atoms with Crippen LogP contribution < -0.4 is 5.32 Å². The standard InChI is InChI=1S/C13H12ClN3O3S/c14-8-3-1-2-4-10(8)21-6-5-12(18)15-11-7-9(13(19)20)16-17-11/h1-4,7H,5-6H2,(H,19,20)(H2,15,16,17,18). The van der Waals surface area contributed by atoms with Crippen molar-refractivity contribution in [1.29, 1.82) is 0 Å². The molecule has 1 aromatic heterocycles. The average molecular weight is 326 g/mol. The average Bonchev–Trinajstić information content (AvgIpc) is 2.89. The second-order valence-corrected chi connectivity index (χ2v) is 5.59. The van der Waals surface area contributed by atoms with Crippen molar-refractivity contribution in [3.8, 4) is 0 Å². The lowest BCUT2D eigenvalue weighted by molar-refractivity contribution is -0.115. The molecule has 1 aromatic carbocycles. The Hall–Kier alpha value is -1.99. The molecule has 6 nitrogen and oxygen atoms in total. The predicted octanol–water partition coefficient (Wildman–Crippen LogP) is 2.88. The van der Waals surface area contributed by atoms with E-state index in [2.05, 4.69) is 15.5 Å². The van der Waals surface area contributed by atoms with E-state index >= 15 is 0 Å². The molecule has 0 bridgehead atoms. The number of thioether (sulfide) groups is 1. The number of rotatable bonds is 6. The summed E-state index contributed by atoms with van der Waals surface area (Å²) in [6.45, 7) is 0. The van der Waals surface area contributed by atoms with Crippen molar-refractivity contribution in [2.75, 3.05) is 11.1 Å². The molecule has 0 aliphatic carbocycles. The van der Waals surface area contributed by atoms with E-state index in [9.17, 15) is 9.59 Å². The second kappa shape index (κ2) is 7.14. The maximum Gasteiger partial charge on any atom is 0.353 e. The quantitative estimate of drug-likeness (QED) is 0.710. The van der Waals surface area contributed by atoms with E-state index in [0.29, 0.717) is 10.8 Å². The van der Waals surface area contributed by atoms with Crippen LogP contribution in [0, 0.1) is 0 Å². The minimum atomic E-state index is -1.13. The number of H-pyrrole nitrogens is 1. The Morgan fingerprint density at radius 3 is 2.81 bits per heavy atom. The molecule has 0 atom stereocenters. The van der Waals surface area contributed by atoms with Crippen molar-refractivity contribution in [3.63, 3.8) is 0 Å². The summed E-state index contributed by atoms with van der Waals surface area (Å²) in [7, 11) is 0. The normalized spacial score (nSPS) is 10.3. The highest BCUT2D eigenvalue weighted by Crippen LogP contribution is 2.26. The molecular weight excluding hydrogens is 314 g/mol. The van der Waals surface area contributed by atoms with Crippen molar-refractivity contribution in [2.45, 2.75) is 11.3 Å². The molecule has 0 spiro atoms. The highest BCUT2D eigenvalue weighted by molar-refractivity contribution is 7.99. The predicted molar refractivity (Wildman–Crippen MR) is 81.0 cm³/mol. The van der Waals surface area contributed by atoms with E-state index in [1.165, 1.54) is 17.8 Å². The number of anilines is 1. The first-order chi connectivity index (χ1) is 10.1. The molecule has 1 heterocycles. The van der Waals surface area contributed by atoms with Gasteiger partial charge < -0.3 is 10.4 Å². The highest BCUT2D eigenvalue weighted by Gasteiger charge is 2.10. The minimum Gasteiger partial charge on any atom is -0.477 e. The molecule has 2 aromatic rings. The molecule has 2 rings (SSSR count). The molecule has 0 aliphatic rings. The fourth-order valence-corrected chi connectivity index (χ4v) is 2.70. The zero-order valence-electron chi connectivity index (χ0n) is 10.8. The Morgan fingerprint density at radius 2 is 2.14 bits per heavy atom. The largest absolute Gasteiger partial charge is 0.477 e. The summed E-state index contributed by atoms with van der Waals surface area (Å²) in [5.74, 6) is -0.610. The minimum absolute atomic E-state index is 0.0734. The number of nitrogens with zero attached hydrogens (tertiary/aromatic N) is 1. The van der Waals surface area contributed by atoms with Crippen LogP contribution in [0.4, 0.5) is 5.82 Å². The van der Waals surface area contributed by atoms with Crippen molar-refractivity contribution in [1.82, 2.24) is 10.2 Å². The van der Waals surface area contributed by atoms with Gasteiger partial charge in [0.25, 0.3) is 0 Å². The highest BCUT2D eigenvalue weighted by atomic mass is 35.5. The number of carbonyl (C=O) groups is 2. The van der Waals surface area contributed by atoms with Gasteiger partial charge in [0.2, 0.25) is 5.91 Å². The number of halogens is 1. The van der Waals surface area contributed by atoms with Gasteiger partial charge in [0.15, 0.2) is 5.82 Å². The lowest BCUT2D eigenvalue weighted by Gasteiger charge is -2.04. The van der Waals surface area contributed by atoms with Crippen LogP contribution in [0.3, 0.4) is 0 Å². The molecule has 0 fully saturated rings. The first-order valence-electron chi connectivity index (χ1n) is 6.02. The summed E-state index contributed by atoms with van der Waals surface area (Å²) in [6, 6.07) is 8.67. The van der Waals surface area contributed by atoms with Crippen molar-refractivity contribution >= 4 is 41.1 Å². The van der Waals surface area contributed by atoms with Gasteiger partial charge in [-0.3, -0.25) is 9.89 Å². The van der Waals surface area contributed by atoms with Gasteiger partial charge in [-0.25, -0.2) is 4.79 Å². The van der Waals surface area contributed by atoms with Gasteiger partial charge in [0, 0.05) is 23.1 Å². The van der Waals surface area contributed by atoms with Crippen LogP contribution in [0.5, 0.6) is 0 Å². The molecule has 0 saturated carbocycles. The topological polar surface area (TPSA) is 95.1 Å². The lowest BCUT2D eigenvalue weighted by Crippen LogP contribution is -2.12. The fourth-order valence-electron chi connectivity index (χ4n) is 1.52. The van der Waals surface area contributed by atoms with E-state index in [4.69, 9.17) is 16.7 Å². The number of carboxylic acid groups (broad SMARTS) is 1. The zero-order valence-corrected chi connectivity index (χ0v) is 12.4. The Morgan fingerprint density at radius 1 is 1.38 bits per heavy atom. The van der Waals surface area contributed by atoms with Crippen LogP contribution in [0.1, 0.15) is 16.9 Å². The fraction of sp³-hybridized carbons (Fsp3) is 0.154. The SMILES string of the molecule is O=C(CCSc1ccccc1Cl)Nc1cc(C(=O)O)[nH]n1. The van der Waals surface area contributed by atoms with Crippen LogP contribution in [0.15, 0.2) is 35.2 Å². The number of aromatic nitrogens is 2. The van der Waals surface area contributed by atoms with E-state index in [-0.39, 0.29) is 23.8 Å². The van der Waals surface area contributed by atoms with Crippen LogP contribution in [0.2, 0.25) is 5.02 Å². The molecular formula is C13H12ClN3O3S. The van der Waals surface area contributed by atoms with Crippen LogP contribution in [-0.4, -0.2) is 32.9 Å². The van der Waals surface area contributed by atoms with Gasteiger partial charge in [-0.1, -0.05) is 23.7 Å². The van der Waals surface area contributed by atoms with Gasteiger partial charge in [-0.2, -0.15) is 5.10 Å². The van der Waals surface area contributed by atoms with E-state index < -0.39 is 5.97 Å². The number of hydrogen-bond donors (Lipinski definition) is 3. The Balaban J connectivity index is 1.79. The van der Waals surface area contributed by atoms with E-state index in [1.807, 2.05) is 18.2 Å². The molecule has 0 unspecified atom stereocenters. The third kappa shape index (κ3) is 4.51. The molecule has 21 heavy (non-hydrogen) atoms. The lowest BCUT2D eigenvalue weighted by atomic mass is 10.4. The molecule has 8 heteroatoms.